The molecule has 28 heavy (non-hydrogen) atoms. The summed E-state index contributed by atoms with van der Waals surface area (Å²) >= 11 is 0. The van der Waals surface area contributed by atoms with Crippen LogP contribution in [-0.4, -0.2) is 10.4 Å². The molecule has 0 unspecified atom stereocenters. The molecular weight excluding hydrogens is 350 g/mol. The number of aromatic nitrogens is 1. The Morgan fingerprint density at radius 1 is 0.929 bits per heavy atom. The van der Waals surface area contributed by atoms with Crippen LogP contribution in [0.5, 0.6) is 5.75 Å². The van der Waals surface area contributed by atoms with Crippen LogP contribution in [0.1, 0.15) is 41.1 Å². The Morgan fingerprint density at radius 2 is 1.64 bits per heavy atom. The van der Waals surface area contributed by atoms with Crippen molar-refractivity contribution in [3.8, 4) is 5.75 Å². The maximum Gasteiger partial charge on any atom is 0.223 e. The van der Waals surface area contributed by atoms with Gasteiger partial charge in [-0.25, -0.2) is 0 Å². The van der Waals surface area contributed by atoms with Gasteiger partial charge in [-0.1, -0.05) is 54.6 Å². The van der Waals surface area contributed by atoms with Gasteiger partial charge in [0.1, 0.15) is 12.4 Å². The summed E-state index contributed by atoms with van der Waals surface area (Å²) in [6.07, 6.45) is 3.14. The third kappa shape index (κ3) is 3.91. The van der Waals surface area contributed by atoms with Gasteiger partial charge in [0.15, 0.2) is 5.75 Å². The first-order valence-electron chi connectivity index (χ1n) is 9.57. The first kappa shape index (κ1) is 18.2. The van der Waals surface area contributed by atoms with E-state index in [0.29, 0.717) is 43.4 Å². The van der Waals surface area contributed by atoms with Gasteiger partial charge in [0.2, 0.25) is 5.43 Å². The second-order valence-corrected chi connectivity index (χ2v) is 7.38. The van der Waals surface area contributed by atoms with Crippen LogP contribution >= 0.6 is 0 Å². The molecule has 0 N–H and O–H groups in total. The molecule has 1 aromatic heterocycles. The van der Waals surface area contributed by atoms with Gasteiger partial charge in [0.25, 0.3) is 0 Å². The number of hydrogen-bond acceptors (Lipinski definition) is 3. The molecule has 0 bridgehead atoms. The highest BCUT2D eigenvalue weighted by molar-refractivity contribution is 5.86. The molecule has 1 heterocycles. The van der Waals surface area contributed by atoms with E-state index in [0.717, 1.165) is 16.8 Å². The number of carbonyl (C=O) groups excluding carboxylic acids is 1. The molecule has 4 nitrogen and oxygen atoms in total. The molecule has 0 radical (unpaired) electrons. The summed E-state index contributed by atoms with van der Waals surface area (Å²) in [6.45, 7) is 2.95. The molecule has 0 spiro atoms. The lowest BCUT2D eigenvalue weighted by molar-refractivity contribution is -0.124. The van der Waals surface area contributed by atoms with Crippen molar-refractivity contribution in [1.29, 1.82) is 0 Å². The van der Waals surface area contributed by atoms with E-state index in [2.05, 4.69) is 24.3 Å². The molecule has 1 aliphatic carbocycles. The number of ether oxygens (including phenoxy) is 1. The van der Waals surface area contributed by atoms with Gasteiger partial charge in [-0.2, -0.15) is 0 Å². The fourth-order valence-corrected chi connectivity index (χ4v) is 3.55. The highest BCUT2D eigenvalue weighted by Crippen LogP contribution is 2.33. The molecule has 0 saturated heterocycles. The Balaban J connectivity index is 1.48. The van der Waals surface area contributed by atoms with Crippen LogP contribution in [0.25, 0.3) is 0 Å². The maximum atomic E-state index is 12.3. The summed E-state index contributed by atoms with van der Waals surface area (Å²) in [5.41, 5.74) is 4.12. The van der Waals surface area contributed by atoms with Crippen molar-refractivity contribution >= 4 is 5.78 Å². The summed E-state index contributed by atoms with van der Waals surface area (Å²) in [5, 5.41) is 0. The number of ketones is 1. The van der Waals surface area contributed by atoms with E-state index < -0.39 is 0 Å². The van der Waals surface area contributed by atoms with Crippen LogP contribution in [0, 0.1) is 6.92 Å². The number of pyridine rings is 1. The van der Waals surface area contributed by atoms with E-state index >= 15 is 0 Å². The Labute approximate surface area is 164 Å². The number of rotatable bonds is 6. The SMILES string of the molecule is Cc1c(OCc2ccccc2)c(=O)ccn1Cc1ccc(C2CC(=O)C2)cc1. The lowest BCUT2D eigenvalue weighted by Crippen LogP contribution is -2.21. The van der Waals surface area contributed by atoms with E-state index in [1.54, 1.807) is 6.07 Å². The zero-order chi connectivity index (χ0) is 19.5. The molecule has 1 aliphatic rings. The van der Waals surface area contributed by atoms with Crippen molar-refractivity contribution in [2.24, 2.45) is 0 Å². The summed E-state index contributed by atoms with van der Waals surface area (Å²) in [7, 11) is 0. The molecule has 4 heteroatoms. The second-order valence-electron chi connectivity index (χ2n) is 7.38. The molecule has 0 amide bonds. The van der Waals surface area contributed by atoms with Gasteiger partial charge < -0.3 is 9.30 Å². The Hall–Kier alpha value is -3.14. The van der Waals surface area contributed by atoms with Gasteiger partial charge in [-0.05, 0) is 29.5 Å². The average Bonchev–Trinajstić information content (AvgIpc) is 2.69. The fraction of sp³-hybridized carbons (Fsp3) is 0.250. The van der Waals surface area contributed by atoms with E-state index in [1.165, 1.54) is 5.56 Å². The summed E-state index contributed by atoms with van der Waals surface area (Å²) in [6, 6.07) is 19.8. The Bertz CT molecular complexity index is 1030. The van der Waals surface area contributed by atoms with Crippen LogP contribution < -0.4 is 10.2 Å². The average molecular weight is 373 g/mol. The first-order valence-corrected chi connectivity index (χ1v) is 9.57. The third-order valence-electron chi connectivity index (χ3n) is 5.37. The smallest absolute Gasteiger partial charge is 0.223 e. The standard InChI is InChI=1S/C24H23NO3/c1-17-24(28-16-19-5-3-2-4-6-19)23(27)11-12-25(17)15-18-7-9-20(10-8-18)21-13-22(26)14-21/h2-12,21H,13-16H2,1H3. The summed E-state index contributed by atoms with van der Waals surface area (Å²) in [4.78, 5) is 23.5. The van der Waals surface area contributed by atoms with Crippen molar-refractivity contribution < 1.29 is 9.53 Å². The highest BCUT2D eigenvalue weighted by atomic mass is 16.5. The van der Waals surface area contributed by atoms with E-state index in [9.17, 15) is 9.59 Å². The predicted molar refractivity (Wildman–Crippen MR) is 109 cm³/mol. The summed E-state index contributed by atoms with van der Waals surface area (Å²) < 4.78 is 7.88. The molecule has 4 rings (SSSR count). The Morgan fingerprint density at radius 3 is 2.32 bits per heavy atom. The van der Waals surface area contributed by atoms with Gasteiger partial charge in [-0.3, -0.25) is 9.59 Å². The van der Waals surface area contributed by atoms with Crippen LogP contribution in [0.15, 0.2) is 71.7 Å². The predicted octanol–water partition coefficient (Wildman–Crippen LogP) is 4.23. The van der Waals surface area contributed by atoms with E-state index in [1.807, 2.05) is 48.0 Å². The monoisotopic (exact) mass is 373 g/mol. The van der Waals surface area contributed by atoms with Crippen LogP contribution in [0.4, 0.5) is 0 Å². The topological polar surface area (TPSA) is 48.3 Å². The van der Waals surface area contributed by atoms with Gasteiger partial charge in [0, 0.05) is 31.6 Å². The van der Waals surface area contributed by atoms with Crippen molar-refractivity contribution in [3.63, 3.8) is 0 Å². The summed E-state index contributed by atoms with van der Waals surface area (Å²) in [5.74, 6) is 1.13. The minimum absolute atomic E-state index is 0.102. The lowest BCUT2D eigenvalue weighted by Gasteiger charge is -2.24. The molecule has 0 atom stereocenters. The Kier molecular flexibility index (Phi) is 5.11. The van der Waals surface area contributed by atoms with Crippen LogP contribution in [0.3, 0.4) is 0 Å². The van der Waals surface area contributed by atoms with E-state index in [-0.39, 0.29) is 5.43 Å². The van der Waals surface area contributed by atoms with Crippen LogP contribution in [-0.2, 0) is 17.9 Å². The van der Waals surface area contributed by atoms with Crippen molar-refractivity contribution in [1.82, 2.24) is 4.57 Å². The number of carbonyl (C=O) groups is 1. The minimum atomic E-state index is -0.102. The maximum absolute atomic E-state index is 12.3. The number of hydrogen-bond donors (Lipinski definition) is 0. The van der Waals surface area contributed by atoms with Gasteiger partial charge >= 0.3 is 0 Å². The molecule has 3 aromatic rings. The number of benzene rings is 2. The molecule has 1 saturated carbocycles. The quantitative estimate of drug-likeness (QED) is 0.650. The van der Waals surface area contributed by atoms with Gasteiger partial charge in [-0.15, -0.1) is 0 Å². The normalized spacial score (nSPS) is 14.0. The van der Waals surface area contributed by atoms with E-state index in [4.69, 9.17) is 4.74 Å². The van der Waals surface area contributed by atoms with Crippen molar-refractivity contribution in [2.45, 2.75) is 38.8 Å². The minimum Gasteiger partial charge on any atom is -0.483 e. The largest absolute Gasteiger partial charge is 0.483 e. The number of nitrogens with zero attached hydrogens (tertiary/aromatic N) is 1. The highest BCUT2D eigenvalue weighted by Gasteiger charge is 2.27. The van der Waals surface area contributed by atoms with Crippen molar-refractivity contribution in [2.75, 3.05) is 0 Å². The van der Waals surface area contributed by atoms with Crippen molar-refractivity contribution in [3.05, 3.63) is 99.5 Å². The molecular formula is C24H23NO3. The molecule has 1 fully saturated rings. The molecule has 142 valence electrons. The zero-order valence-electron chi connectivity index (χ0n) is 15.9. The lowest BCUT2D eigenvalue weighted by atomic mass is 9.79. The third-order valence-corrected chi connectivity index (χ3v) is 5.37. The second kappa shape index (κ2) is 7.85. The fourth-order valence-electron chi connectivity index (χ4n) is 3.55. The number of Topliss-reactive ketones (excluding diaryl/α,β-unsaturated/α-hetero) is 1. The molecule has 0 aliphatic heterocycles. The first-order chi connectivity index (χ1) is 13.6. The van der Waals surface area contributed by atoms with Gasteiger partial charge in [0.05, 0.1) is 5.69 Å². The van der Waals surface area contributed by atoms with Crippen LogP contribution in [0.2, 0.25) is 0 Å². The zero-order valence-corrected chi connectivity index (χ0v) is 15.9. The molecule has 2 aromatic carbocycles.